The Balaban J connectivity index is 1.82. The second-order valence-corrected chi connectivity index (χ2v) is 9.52. The molecule has 1 N–H and O–H groups in total. The van der Waals surface area contributed by atoms with E-state index in [-0.39, 0.29) is 11.4 Å². The Bertz CT molecular complexity index is 1260. The van der Waals surface area contributed by atoms with Crippen LogP contribution in [0.3, 0.4) is 0 Å². The molecule has 6 nitrogen and oxygen atoms in total. The number of halogens is 3. The molecule has 1 aliphatic carbocycles. The summed E-state index contributed by atoms with van der Waals surface area (Å²) in [7, 11) is -4.16. The van der Waals surface area contributed by atoms with Crippen LogP contribution in [0.1, 0.15) is 36.8 Å². The Morgan fingerprint density at radius 2 is 2.03 bits per heavy atom. The summed E-state index contributed by atoms with van der Waals surface area (Å²) in [6.45, 7) is 5.50. The van der Waals surface area contributed by atoms with Gasteiger partial charge in [-0.15, -0.1) is 5.92 Å². The Kier molecular flexibility index (Phi) is 4.87. The van der Waals surface area contributed by atoms with E-state index in [0.717, 1.165) is 23.4 Å². The molecule has 162 valence electrons. The third-order valence-corrected chi connectivity index (χ3v) is 7.39. The normalized spacial score (nSPS) is 23.7. The lowest BCUT2D eigenvalue weighted by molar-refractivity contribution is -0.141. The molecule has 2 aromatic heterocycles. The minimum Gasteiger partial charge on any atom is -0.283 e. The zero-order valence-corrected chi connectivity index (χ0v) is 17.8. The summed E-state index contributed by atoms with van der Waals surface area (Å²) in [5.41, 5.74) is 1.20. The molecular weight excluding hydrogens is 429 g/mol. The number of rotatable bonds is 3. The van der Waals surface area contributed by atoms with E-state index in [1.165, 1.54) is 4.31 Å². The molecule has 1 aliphatic heterocycles. The minimum absolute atomic E-state index is 0.0749. The molecule has 10 heteroatoms. The Hall–Kier alpha value is -2.90. The van der Waals surface area contributed by atoms with Crippen LogP contribution in [0.2, 0.25) is 0 Å². The number of allylic oxidation sites excluding steroid dienone is 1. The average Bonchev–Trinajstić information content (AvgIpc) is 3.37. The highest BCUT2D eigenvalue weighted by molar-refractivity contribution is 7.89. The summed E-state index contributed by atoms with van der Waals surface area (Å²) >= 11 is 0. The van der Waals surface area contributed by atoms with E-state index in [9.17, 15) is 21.6 Å². The highest BCUT2D eigenvalue weighted by Gasteiger charge is 2.49. The molecule has 0 saturated heterocycles. The lowest BCUT2D eigenvalue weighted by Gasteiger charge is -2.31. The van der Waals surface area contributed by atoms with Gasteiger partial charge in [0.1, 0.15) is 10.6 Å². The van der Waals surface area contributed by atoms with Gasteiger partial charge in [0.15, 0.2) is 0 Å². The van der Waals surface area contributed by atoms with Crippen molar-refractivity contribution in [3.05, 3.63) is 64.8 Å². The number of hydrogen-bond donors (Lipinski definition) is 1. The van der Waals surface area contributed by atoms with Gasteiger partial charge in [-0.1, -0.05) is 18.1 Å². The van der Waals surface area contributed by atoms with E-state index in [2.05, 4.69) is 27.0 Å². The third kappa shape index (κ3) is 3.38. The van der Waals surface area contributed by atoms with Gasteiger partial charge < -0.3 is 0 Å². The molecule has 2 aromatic rings. The molecule has 0 bridgehead atoms. The van der Waals surface area contributed by atoms with Crippen molar-refractivity contribution in [3.63, 3.8) is 0 Å². The summed E-state index contributed by atoms with van der Waals surface area (Å²) in [5.74, 6) is 6.06. The first-order chi connectivity index (χ1) is 14.5. The van der Waals surface area contributed by atoms with E-state index < -0.39 is 33.4 Å². The first-order valence-electron chi connectivity index (χ1n) is 9.40. The maximum atomic E-state index is 13.5. The lowest BCUT2D eigenvalue weighted by atomic mass is 9.79. The zero-order chi connectivity index (χ0) is 22.6. The number of aryl methyl sites for hydroxylation is 1. The number of hydrogen-bond acceptors (Lipinski definition) is 4. The van der Waals surface area contributed by atoms with Gasteiger partial charge in [-0.2, -0.15) is 22.6 Å². The van der Waals surface area contributed by atoms with Crippen molar-refractivity contribution in [2.24, 2.45) is 5.41 Å². The minimum atomic E-state index is -4.65. The Morgan fingerprint density at radius 3 is 2.58 bits per heavy atom. The van der Waals surface area contributed by atoms with Gasteiger partial charge in [-0.3, -0.25) is 10.1 Å². The van der Waals surface area contributed by atoms with Crippen molar-refractivity contribution in [3.8, 4) is 11.8 Å². The van der Waals surface area contributed by atoms with Crippen LogP contribution in [0.5, 0.6) is 0 Å². The predicted octanol–water partition coefficient (Wildman–Crippen LogP) is 3.77. The van der Waals surface area contributed by atoms with Crippen LogP contribution in [0.25, 0.3) is 0 Å². The monoisotopic (exact) mass is 448 g/mol. The molecule has 0 amide bonds. The molecule has 2 atom stereocenters. The largest absolute Gasteiger partial charge is 0.433 e. The maximum Gasteiger partial charge on any atom is 0.433 e. The standard InChI is InChI=1S/C21H19F3N4O2S/c1-4-8-20(3)9-7-14-12-28(19(18(14)20)16-11-26-27-13(16)2)31(29,30)15-5-6-17(25-10-15)21(22,23)24/h5-7,9-11,19H,12H2,1-3H3,(H,26,27)/t19-,20?/m0/s1. The molecule has 0 radical (unpaired) electrons. The zero-order valence-electron chi connectivity index (χ0n) is 16.9. The van der Waals surface area contributed by atoms with Crippen LogP contribution in [0.15, 0.2) is 52.7 Å². The third-order valence-electron chi connectivity index (χ3n) is 5.59. The molecule has 4 rings (SSSR count). The lowest BCUT2D eigenvalue weighted by Crippen LogP contribution is -2.35. The number of aromatic nitrogens is 3. The smallest absolute Gasteiger partial charge is 0.283 e. The van der Waals surface area contributed by atoms with Crippen molar-refractivity contribution in [1.29, 1.82) is 0 Å². The Morgan fingerprint density at radius 1 is 1.29 bits per heavy atom. The highest BCUT2D eigenvalue weighted by atomic mass is 32.2. The highest BCUT2D eigenvalue weighted by Crippen LogP contribution is 2.52. The number of aromatic amines is 1. The van der Waals surface area contributed by atoms with Gasteiger partial charge in [0.2, 0.25) is 10.0 Å². The molecule has 0 aromatic carbocycles. The van der Waals surface area contributed by atoms with Crippen molar-refractivity contribution < 1.29 is 21.6 Å². The first kappa shape index (κ1) is 21.3. The number of nitrogens with zero attached hydrogens (tertiary/aromatic N) is 3. The van der Waals surface area contributed by atoms with Crippen molar-refractivity contribution in [2.45, 2.75) is 37.9 Å². The molecule has 3 heterocycles. The van der Waals surface area contributed by atoms with Gasteiger partial charge >= 0.3 is 6.18 Å². The quantitative estimate of drug-likeness (QED) is 0.725. The van der Waals surface area contributed by atoms with Crippen molar-refractivity contribution in [1.82, 2.24) is 19.5 Å². The van der Waals surface area contributed by atoms with Crippen LogP contribution < -0.4 is 0 Å². The summed E-state index contributed by atoms with van der Waals surface area (Å²) in [6, 6.07) is 0.922. The first-order valence-corrected chi connectivity index (χ1v) is 10.8. The summed E-state index contributed by atoms with van der Waals surface area (Å²) in [5, 5.41) is 6.87. The topological polar surface area (TPSA) is 79.0 Å². The predicted molar refractivity (Wildman–Crippen MR) is 107 cm³/mol. The van der Waals surface area contributed by atoms with Gasteiger partial charge in [0.05, 0.1) is 17.7 Å². The number of alkyl halides is 3. The summed E-state index contributed by atoms with van der Waals surface area (Å²) in [6.07, 6.45) is 1.48. The van der Waals surface area contributed by atoms with Gasteiger partial charge in [-0.05, 0) is 44.1 Å². The second-order valence-electron chi connectivity index (χ2n) is 7.63. The van der Waals surface area contributed by atoms with Gasteiger partial charge in [0, 0.05) is 24.0 Å². The fourth-order valence-electron chi connectivity index (χ4n) is 4.16. The molecule has 31 heavy (non-hydrogen) atoms. The van der Waals surface area contributed by atoms with Gasteiger partial charge in [-0.25, -0.2) is 8.42 Å². The molecule has 2 aliphatic rings. The van der Waals surface area contributed by atoms with E-state index in [0.29, 0.717) is 17.3 Å². The number of H-pyrrole nitrogens is 1. The van der Waals surface area contributed by atoms with Crippen LogP contribution in [-0.4, -0.2) is 34.4 Å². The molecule has 0 fully saturated rings. The fraction of sp³-hybridized carbons (Fsp3) is 0.333. The summed E-state index contributed by atoms with van der Waals surface area (Å²) < 4.78 is 66.9. The van der Waals surface area contributed by atoms with E-state index in [1.54, 1.807) is 20.0 Å². The fourth-order valence-corrected chi connectivity index (χ4v) is 5.66. The van der Waals surface area contributed by atoms with E-state index in [4.69, 9.17) is 0 Å². The van der Waals surface area contributed by atoms with Crippen molar-refractivity contribution >= 4 is 10.0 Å². The van der Waals surface area contributed by atoms with Crippen LogP contribution >= 0.6 is 0 Å². The van der Waals surface area contributed by atoms with Crippen LogP contribution in [-0.2, 0) is 16.2 Å². The van der Waals surface area contributed by atoms with Crippen molar-refractivity contribution in [2.75, 3.05) is 6.54 Å². The molecular formula is C21H19F3N4O2S. The number of sulfonamides is 1. The van der Waals surface area contributed by atoms with Crippen LogP contribution in [0, 0.1) is 24.2 Å². The van der Waals surface area contributed by atoms with E-state index in [1.807, 2.05) is 19.1 Å². The summed E-state index contributed by atoms with van der Waals surface area (Å²) in [4.78, 5) is 3.02. The molecule has 1 unspecified atom stereocenters. The maximum absolute atomic E-state index is 13.5. The molecule has 0 saturated carbocycles. The van der Waals surface area contributed by atoms with Crippen LogP contribution in [0.4, 0.5) is 13.2 Å². The second kappa shape index (κ2) is 7.07. The van der Waals surface area contributed by atoms with Gasteiger partial charge in [0.25, 0.3) is 0 Å². The molecule has 0 spiro atoms. The number of pyridine rings is 1. The number of nitrogens with one attached hydrogen (secondary N) is 1. The SMILES string of the molecule is CC#CC1(C)C=CC2=C1[C@H](c1cn[nH]c1C)N(S(=O)(=O)c1ccc(C(F)(F)F)nc1)C2. The Labute approximate surface area is 177 Å². The van der Waals surface area contributed by atoms with E-state index >= 15 is 0 Å². The average molecular weight is 448 g/mol.